The summed E-state index contributed by atoms with van der Waals surface area (Å²) in [6.07, 6.45) is 1.99. The smallest absolute Gasteiger partial charge is 0.228 e. The fourth-order valence-electron chi connectivity index (χ4n) is 3.91. The molecule has 3 nitrogen and oxygen atoms in total. The van der Waals surface area contributed by atoms with Crippen molar-refractivity contribution in [1.82, 2.24) is 4.90 Å². The second-order valence-corrected chi connectivity index (χ2v) is 7.90. The summed E-state index contributed by atoms with van der Waals surface area (Å²) in [6.45, 7) is 8.86. The lowest BCUT2D eigenvalue weighted by Gasteiger charge is -2.32. The normalized spacial score (nSPS) is 17.9. The van der Waals surface area contributed by atoms with Crippen LogP contribution in [0.2, 0.25) is 5.02 Å². The molecule has 1 unspecified atom stereocenters. The SMILES string of the molecule is Cc1cc(C)c(NC(=O)C2CCCN(Cc3cccc(Cl)c3)C2)c(C)c1. The van der Waals surface area contributed by atoms with E-state index >= 15 is 0 Å². The Bertz CT molecular complexity index is 779. The van der Waals surface area contributed by atoms with E-state index in [9.17, 15) is 4.79 Å². The van der Waals surface area contributed by atoms with Gasteiger partial charge in [-0.1, -0.05) is 41.4 Å². The third-order valence-corrected chi connectivity index (χ3v) is 5.33. The number of nitrogens with one attached hydrogen (secondary N) is 1. The van der Waals surface area contributed by atoms with E-state index in [2.05, 4.69) is 49.2 Å². The highest BCUT2D eigenvalue weighted by atomic mass is 35.5. The fourth-order valence-corrected chi connectivity index (χ4v) is 4.12. The standard InChI is InChI=1S/C22H27ClN2O/c1-15-10-16(2)21(17(3)11-15)24-22(26)19-7-5-9-25(14-19)13-18-6-4-8-20(23)12-18/h4,6,8,10-12,19H,5,7,9,13-14H2,1-3H3,(H,24,26). The van der Waals surface area contributed by atoms with E-state index < -0.39 is 0 Å². The summed E-state index contributed by atoms with van der Waals surface area (Å²) in [5, 5.41) is 3.95. The molecule has 0 saturated carbocycles. The fraction of sp³-hybridized carbons (Fsp3) is 0.409. The maximum Gasteiger partial charge on any atom is 0.228 e. The predicted molar refractivity (Wildman–Crippen MR) is 109 cm³/mol. The minimum Gasteiger partial charge on any atom is -0.325 e. The molecule has 138 valence electrons. The van der Waals surface area contributed by atoms with Crippen molar-refractivity contribution in [2.75, 3.05) is 18.4 Å². The highest BCUT2D eigenvalue weighted by Crippen LogP contribution is 2.25. The second-order valence-electron chi connectivity index (χ2n) is 7.47. The molecule has 0 radical (unpaired) electrons. The maximum atomic E-state index is 12.9. The van der Waals surface area contributed by atoms with Crippen molar-refractivity contribution in [2.45, 2.75) is 40.2 Å². The number of carbonyl (C=O) groups excluding carboxylic acids is 1. The first-order valence-electron chi connectivity index (χ1n) is 9.28. The zero-order chi connectivity index (χ0) is 18.7. The van der Waals surface area contributed by atoms with Crippen LogP contribution in [0.1, 0.15) is 35.1 Å². The molecule has 0 aromatic heterocycles. The molecule has 1 fully saturated rings. The van der Waals surface area contributed by atoms with Crippen molar-refractivity contribution in [3.05, 3.63) is 63.7 Å². The van der Waals surface area contributed by atoms with Crippen molar-refractivity contribution < 1.29 is 4.79 Å². The monoisotopic (exact) mass is 370 g/mol. The van der Waals surface area contributed by atoms with Gasteiger partial charge in [0.2, 0.25) is 5.91 Å². The van der Waals surface area contributed by atoms with Crippen molar-refractivity contribution in [3.8, 4) is 0 Å². The van der Waals surface area contributed by atoms with Crippen molar-refractivity contribution in [3.63, 3.8) is 0 Å². The number of carbonyl (C=O) groups is 1. The van der Waals surface area contributed by atoms with E-state index in [-0.39, 0.29) is 11.8 Å². The summed E-state index contributed by atoms with van der Waals surface area (Å²) in [6, 6.07) is 12.2. The van der Waals surface area contributed by atoms with Gasteiger partial charge in [0, 0.05) is 23.8 Å². The zero-order valence-electron chi connectivity index (χ0n) is 15.8. The maximum absolute atomic E-state index is 12.9. The van der Waals surface area contributed by atoms with Crippen LogP contribution in [0.4, 0.5) is 5.69 Å². The third kappa shape index (κ3) is 4.66. The molecule has 1 aliphatic rings. The summed E-state index contributed by atoms with van der Waals surface area (Å²) >= 11 is 6.09. The van der Waals surface area contributed by atoms with Crippen LogP contribution < -0.4 is 5.32 Å². The van der Waals surface area contributed by atoms with E-state index in [0.717, 1.165) is 54.3 Å². The van der Waals surface area contributed by atoms with Crippen LogP contribution in [-0.4, -0.2) is 23.9 Å². The molecule has 1 aliphatic heterocycles. The van der Waals surface area contributed by atoms with Gasteiger partial charge in [-0.15, -0.1) is 0 Å². The predicted octanol–water partition coefficient (Wildman–Crippen LogP) is 5.12. The lowest BCUT2D eigenvalue weighted by Crippen LogP contribution is -2.40. The molecule has 0 aliphatic carbocycles. The average Bonchev–Trinajstić information content (AvgIpc) is 2.58. The topological polar surface area (TPSA) is 32.3 Å². The molecule has 0 spiro atoms. The first-order chi connectivity index (χ1) is 12.4. The molecule has 4 heteroatoms. The first-order valence-corrected chi connectivity index (χ1v) is 9.65. The van der Waals surface area contributed by atoms with Crippen molar-refractivity contribution in [1.29, 1.82) is 0 Å². The number of hydrogen-bond acceptors (Lipinski definition) is 2. The summed E-state index contributed by atoms with van der Waals surface area (Å²) in [5.41, 5.74) is 5.64. The summed E-state index contributed by atoms with van der Waals surface area (Å²) in [4.78, 5) is 15.2. The van der Waals surface area contributed by atoms with Gasteiger partial charge in [-0.05, 0) is 69.0 Å². The van der Waals surface area contributed by atoms with Crippen LogP contribution in [0.3, 0.4) is 0 Å². The molecular formula is C22H27ClN2O. The molecule has 1 N–H and O–H groups in total. The highest BCUT2D eigenvalue weighted by molar-refractivity contribution is 6.30. The molecule has 3 rings (SSSR count). The summed E-state index contributed by atoms with van der Waals surface area (Å²) in [5.74, 6) is 0.166. The Hall–Kier alpha value is -1.84. The van der Waals surface area contributed by atoms with Gasteiger partial charge < -0.3 is 5.32 Å². The van der Waals surface area contributed by atoms with Gasteiger partial charge in [0.1, 0.15) is 0 Å². The lowest BCUT2D eigenvalue weighted by atomic mass is 9.96. The Balaban J connectivity index is 1.65. The molecular weight excluding hydrogens is 344 g/mol. The molecule has 0 bridgehead atoms. The van der Waals surface area contributed by atoms with Gasteiger partial charge in [-0.25, -0.2) is 0 Å². The number of rotatable bonds is 4. The van der Waals surface area contributed by atoms with E-state index in [1.54, 1.807) is 0 Å². The number of benzene rings is 2. The first kappa shape index (κ1) is 18.9. The number of hydrogen-bond donors (Lipinski definition) is 1. The van der Waals surface area contributed by atoms with Gasteiger partial charge in [0.05, 0.1) is 5.92 Å². The van der Waals surface area contributed by atoms with Crippen LogP contribution in [0.15, 0.2) is 36.4 Å². The summed E-state index contributed by atoms with van der Waals surface area (Å²) in [7, 11) is 0. The Morgan fingerprint density at radius 3 is 2.62 bits per heavy atom. The van der Waals surface area contributed by atoms with E-state index in [4.69, 9.17) is 11.6 Å². The van der Waals surface area contributed by atoms with Crippen LogP contribution >= 0.6 is 11.6 Å². The number of likely N-dealkylation sites (tertiary alicyclic amines) is 1. The highest BCUT2D eigenvalue weighted by Gasteiger charge is 2.26. The molecule has 1 saturated heterocycles. The lowest BCUT2D eigenvalue weighted by molar-refractivity contribution is -0.121. The van der Waals surface area contributed by atoms with Gasteiger partial charge in [0.25, 0.3) is 0 Å². The Morgan fingerprint density at radius 1 is 1.19 bits per heavy atom. The Morgan fingerprint density at radius 2 is 1.92 bits per heavy atom. The molecule has 2 aromatic carbocycles. The van der Waals surface area contributed by atoms with Gasteiger partial charge >= 0.3 is 0 Å². The molecule has 1 amide bonds. The Kier molecular flexibility index (Phi) is 6.00. The van der Waals surface area contributed by atoms with Crippen LogP contribution in [0, 0.1) is 26.7 Å². The number of halogens is 1. The van der Waals surface area contributed by atoms with Crippen LogP contribution in [-0.2, 0) is 11.3 Å². The minimum absolute atomic E-state index is 0.0306. The largest absolute Gasteiger partial charge is 0.325 e. The molecule has 1 atom stereocenters. The quantitative estimate of drug-likeness (QED) is 0.810. The number of anilines is 1. The van der Waals surface area contributed by atoms with Crippen molar-refractivity contribution in [2.24, 2.45) is 5.92 Å². The van der Waals surface area contributed by atoms with E-state index in [0.29, 0.717) is 0 Å². The van der Waals surface area contributed by atoms with Crippen LogP contribution in [0.5, 0.6) is 0 Å². The van der Waals surface area contributed by atoms with Gasteiger partial charge in [-0.3, -0.25) is 9.69 Å². The van der Waals surface area contributed by atoms with Gasteiger partial charge in [0.15, 0.2) is 0 Å². The van der Waals surface area contributed by atoms with E-state index in [1.807, 2.05) is 18.2 Å². The number of aryl methyl sites for hydroxylation is 3. The van der Waals surface area contributed by atoms with Gasteiger partial charge in [-0.2, -0.15) is 0 Å². The third-order valence-electron chi connectivity index (χ3n) is 5.10. The second kappa shape index (κ2) is 8.24. The number of piperidine rings is 1. The zero-order valence-corrected chi connectivity index (χ0v) is 16.6. The molecule has 26 heavy (non-hydrogen) atoms. The molecule has 2 aromatic rings. The minimum atomic E-state index is 0.0306. The molecule has 1 heterocycles. The average molecular weight is 371 g/mol. The number of amides is 1. The van der Waals surface area contributed by atoms with Crippen LogP contribution in [0.25, 0.3) is 0 Å². The van der Waals surface area contributed by atoms with Crippen molar-refractivity contribution >= 4 is 23.2 Å². The Labute approximate surface area is 161 Å². The number of nitrogens with zero attached hydrogens (tertiary/aromatic N) is 1. The van der Waals surface area contributed by atoms with E-state index in [1.165, 1.54) is 11.1 Å². The summed E-state index contributed by atoms with van der Waals surface area (Å²) < 4.78 is 0.